The first-order valence-corrected chi connectivity index (χ1v) is 32.6. The van der Waals surface area contributed by atoms with Crippen LogP contribution in [0.15, 0.2) is 200 Å². The Labute approximate surface area is 600 Å². The quantitative estimate of drug-likeness (QED) is 0.0213. The molecule has 0 aliphatic carbocycles. The van der Waals surface area contributed by atoms with Gasteiger partial charge in [0.25, 0.3) is 5.91 Å². The predicted octanol–water partition coefficient (Wildman–Crippen LogP) is 6.53. The Hall–Kier alpha value is -13.8. The standard InChI is InChI=1S/C79H73N7O19/c80-63(38-47-5-21-54(87)22-6-47)72(96)81-64(39-48-7-23-55(88)24-8-48)73(97)82-65(40-49-9-25-56(89)26-10-49)74(98)83-66(41-50-11-27-57(90)28-12-50)75(99)84-67(42-51-13-29-58(91)30-14-51)76(100)85-68(43-52-15-31-59(92)32-16-52)77(101)86-71(95)60-35-44(1-2-45-17-33-69(93)61(36-45)78(102)103)3-19-53(60)20-4-46-18-34-70(94)62(37-46)79(104)105/h1-37,63-68,87-94H,38-43,80H2,(H,81,96)(H,82,97)(H,83,98)(H,84,99)(H,85,100)(H,102,103)(H,104,105)(H,86,95,101)/b2-1+,20-4+. The van der Waals surface area contributed by atoms with E-state index in [1.807, 2.05) is 0 Å². The fourth-order valence-corrected chi connectivity index (χ4v) is 11.1. The van der Waals surface area contributed by atoms with Crippen LogP contribution >= 0.6 is 0 Å². The molecule has 0 spiro atoms. The van der Waals surface area contributed by atoms with Gasteiger partial charge in [-0.1, -0.05) is 121 Å². The summed E-state index contributed by atoms with van der Waals surface area (Å²) in [6, 6.07) is 36.7. The number of rotatable bonds is 30. The summed E-state index contributed by atoms with van der Waals surface area (Å²) >= 11 is 0. The van der Waals surface area contributed by atoms with Crippen LogP contribution in [-0.2, 0) is 67.3 Å². The number of aromatic carboxylic acids is 2. The molecule has 9 aromatic rings. The first-order chi connectivity index (χ1) is 50.2. The number of phenolic OH excluding ortho intramolecular Hbond substituents is 6. The number of benzene rings is 9. The monoisotopic (exact) mass is 1420 g/mol. The van der Waals surface area contributed by atoms with Gasteiger partial charge < -0.3 is 83.4 Å². The van der Waals surface area contributed by atoms with Gasteiger partial charge >= 0.3 is 11.9 Å². The highest BCUT2D eigenvalue weighted by molar-refractivity contribution is 6.09. The minimum Gasteiger partial charge on any atom is -0.508 e. The van der Waals surface area contributed by atoms with Crippen molar-refractivity contribution < 1.29 is 94.2 Å². The minimum absolute atomic E-state index is 0.0147. The van der Waals surface area contributed by atoms with Crippen LogP contribution in [-0.4, -0.2) is 141 Å². The molecule has 26 heteroatoms. The highest BCUT2D eigenvalue weighted by atomic mass is 16.4. The van der Waals surface area contributed by atoms with Crippen LogP contribution < -0.4 is 37.6 Å². The topological polar surface area (TPSA) is 454 Å². The molecule has 0 bridgehead atoms. The van der Waals surface area contributed by atoms with Crippen molar-refractivity contribution in [2.24, 2.45) is 5.73 Å². The second kappa shape index (κ2) is 35.0. The van der Waals surface area contributed by atoms with E-state index in [0.717, 1.165) is 6.07 Å². The van der Waals surface area contributed by atoms with Crippen molar-refractivity contribution in [1.82, 2.24) is 31.9 Å². The molecule has 6 atom stereocenters. The summed E-state index contributed by atoms with van der Waals surface area (Å²) in [5.41, 5.74) is 8.99. The molecule has 18 N–H and O–H groups in total. The van der Waals surface area contributed by atoms with E-state index < -0.39 is 107 Å². The number of phenols is 8. The Morgan fingerprint density at radius 2 is 0.543 bits per heavy atom. The maximum atomic E-state index is 15.3. The van der Waals surface area contributed by atoms with E-state index in [4.69, 9.17) is 5.73 Å². The zero-order valence-electron chi connectivity index (χ0n) is 55.8. The molecule has 0 aromatic heterocycles. The lowest BCUT2D eigenvalue weighted by Gasteiger charge is -2.28. The number of carbonyl (C=O) groups excluding carboxylic acids is 7. The van der Waals surface area contributed by atoms with Crippen molar-refractivity contribution in [2.45, 2.75) is 74.8 Å². The van der Waals surface area contributed by atoms with Gasteiger partial charge in [-0.25, -0.2) is 9.59 Å². The lowest BCUT2D eigenvalue weighted by Crippen LogP contribution is -2.61. The molecule has 105 heavy (non-hydrogen) atoms. The fourth-order valence-electron chi connectivity index (χ4n) is 11.1. The zero-order valence-corrected chi connectivity index (χ0v) is 55.8. The lowest BCUT2D eigenvalue weighted by atomic mass is 9.99. The van der Waals surface area contributed by atoms with Gasteiger partial charge in [-0.3, -0.25) is 38.9 Å². The molecule has 7 amide bonds. The van der Waals surface area contributed by atoms with E-state index in [9.17, 15) is 79.8 Å². The number of carboxylic acid groups (broad SMARTS) is 2. The van der Waals surface area contributed by atoms with Gasteiger partial charge in [-0.2, -0.15) is 0 Å². The van der Waals surface area contributed by atoms with Crippen LogP contribution in [0.2, 0.25) is 0 Å². The molecule has 0 saturated carbocycles. The maximum Gasteiger partial charge on any atom is 0.339 e. The second-order valence-corrected chi connectivity index (χ2v) is 24.6. The molecule has 0 saturated heterocycles. The average Bonchev–Trinajstić information content (AvgIpc) is 0.828. The maximum absolute atomic E-state index is 15.3. The summed E-state index contributed by atoms with van der Waals surface area (Å²) in [5.74, 6) is -11.4. The van der Waals surface area contributed by atoms with Crippen molar-refractivity contribution in [1.29, 1.82) is 0 Å². The number of carbonyl (C=O) groups is 9. The first-order valence-electron chi connectivity index (χ1n) is 32.6. The van der Waals surface area contributed by atoms with Gasteiger partial charge in [0.1, 0.15) is 87.3 Å². The number of aromatic hydroxyl groups is 8. The van der Waals surface area contributed by atoms with Crippen molar-refractivity contribution >= 4 is 77.6 Å². The van der Waals surface area contributed by atoms with Gasteiger partial charge in [0.05, 0.1) is 6.04 Å². The summed E-state index contributed by atoms with van der Waals surface area (Å²) < 4.78 is 0. The third kappa shape index (κ3) is 21.9. The van der Waals surface area contributed by atoms with E-state index in [2.05, 4.69) is 31.9 Å². The number of hydrogen-bond donors (Lipinski definition) is 17. The number of hydrogen-bond acceptors (Lipinski definition) is 18. The Kier molecular flexibility index (Phi) is 25.2. The number of nitrogens with two attached hydrogens (primary N) is 1. The zero-order chi connectivity index (χ0) is 75.4. The summed E-state index contributed by atoms with van der Waals surface area (Å²) in [7, 11) is 0. The number of imide groups is 1. The van der Waals surface area contributed by atoms with Gasteiger partial charge in [0.15, 0.2) is 0 Å². The number of carboxylic acids is 2. The molecule has 6 unspecified atom stereocenters. The van der Waals surface area contributed by atoms with E-state index in [-0.39, 0.29) is 95.3 Å². The number of nitrogens with one attached hydrogen (secondary N) is 6. The molecule has 538 valence electrons. The van der Waals surface area contributed by atoms with Gasteiger partial charge in [0.2, 0.25) is 35.4 Å². The van der Waals surface area contributed by atoms with Crippen LogP contribution in [0.3, 0.4) is 0 Å². The molecule has 9 aromatic carbocycles. The van der Waals surface area contributed by atoms with Crippen LogP contribution in [0.1, 0.15) is 86.7 Å². The summed E-state index contributed by atoms with van der Waals surface area (Å²) in [6.45, 7) is 0. The Morgan fingerprint density at radius 3 is 0.838 bits per heavy atom. The van der Waals surface area contributed by atoms with Crippen molar-refractivity contribution in [2.75, 3.05) is 0 Å². The second-order valence-electron chi connectivity index (χ2n) is 24.6. The van der Waals surface area contributed by atoms with Crippen LogP contribution in [0.5, 0.6) is 46.0 Å². The third-order valence-corrected chi connectivity index (χ3v) is 16.8. The minimum atomic E-state index is -1.69. The molecule has 0 heterocycles. The van der Waals surface area contributed by atoms with E-state index in [1.165, 1.54) is 200 Å². The number of amides is 7. The highest BCUT2D eigenvalue weighted by Gasteiger charge is 2.35. The largest absolute Gasteiger partial charge is 0.508 e. The van der Waals surface area contributed by atoms with E-state index in [1.54, 1.807) is 18.2 Å². The first kappa shape index (κ1) is 75.5. The van der Waals surface area contributed by atoms with Crippen molar-refractivity contribution in [3.8, 4) is 46.0 Å². The SMILES string of the molecule is NC(Cc1ccc(O)cc1)C(=O)NC(Cc1ccc(O)cc1)C(=O)NC(Cc1ccc(O)cc1)C(=O)NC(Cc1ccc(O)cc1)C(=O)NC(Cc1ccc(O)cc1)C(=O)NC(Cc1ccc(O)cc1)C(=O)NC(=O)c1cc(/C=C/c2ccc(O)c(C(=O)O)c2)ccc1/C=C/c1ccc(O)c(C(=O)O)c1. The van der Waals surface area contributed by atoms with Crippen LogP contribution in [0.25, 0.3) is 24.3 Å². The smallest absolute Gasteiger partial charge is 0.339 e. The molecule has 0 aliphatic heterocycles. The van der Waals surface area contributed by atoms with Gasteiger partial charge in [-0.05, 0) is 165 Å². The molecule has 0 radical (unpaired) electrons. The van der Waals surface area contributed by atoms with Gasteiger partial charge in [0, 0.05) is 37.7 Å². The lowest BCUT2D eigenvalue weighted by molar-refractivity contribution is -0.135. The highest BCUT2D eigenvalue weighted by Crippen LogP contribution is 2.26. The van der Waals surface area contributed by atoms with E-state index in [0.29, 0.717) is 44.5 Å². The van der Waals surface area contributed by atoms with Crippen molar-refractivity contribution in [3.63, 3.8) is 0 Å². The van der Waals surface area contributed by atoms with Crippen LogP contribution in [0.4, 0.5) is 0 Å². The van der Waals surface area contributed by atoms with E-state index >= 15 is 14.4 Å². The molecule has 9 rings (SSSR count). The molecular formula is C79H73N7O19. The normalized spacial score (nSPS) is 12.9. The Balaban J connectivity index is 1.03. The summed E-state index contributed by atoms with van der Waals surface area (Å²) in [5, 5.41) is 117. The van der Waals surface area contributed by atoms with Crippen LogP contribution in [0, 0.1) is 0 Å². The Morgan fingerprint density at radius 1 is 0.295 bits per heavy atom. The summed E-state index contributed by atoms with van der Waals surface area (Å²) in [4.78, 5) is 128. The predicted molar refractivity (Wildman–Crippen MR) is 385 cm³/mol. The molecule has 0 fully saturated rings. The third-order valence-electron chi connectivity index (χ3n) is 16.8. The molecular weight excluding hydrogens is 1350 g/mol. The summed E-state index contributed by atoms with van der Waals surface area (Å²) in [6.07, 6.45) is 4.30. The average molecular weight is 1420 g/mol. The molecule has 0 aliphatic rings. The molecule has 26 nitrogen and oxygen atoms in total. The van der Waals surface area contributed by atoms with Gasteiger partial charge in [-0.15, -0.1) is 0 Å². The van der Waals surface area contributed by atoms with Crippen molar-refractivity contribution in [3.05, 3.63) is 273 Å². The fraction of sp³-hybridized carbons (Fsp3) is 0.152. The Bertz CT molecular complexity index is 4720.